The zero-order valence-corrected chi connectivity index (χ0v) is 14.5. The lowest BCUT2D eigenvalue weighted by atomic mass is 10.2. The standard InChI is InChI=1S/C19H28N2O2/c1-4-23-18-8-5-17(6-9-18)7-10-19(22)21-13-11-20(12-14-21)15-16(2)3/h5-10,16H,4,11-15H2,1-3H3/b10-7+. The van der Waals surface area contributed by atoms with Crippen LogP contribution < -0.4 is 4.74 Å². The van der Waals surface area contributed by atoms with Crippen LogP contribution in [0.15, 0.2) is 30.3 Å². The number of nitrogens with zero attached hydrogens (tertiary/aromatic N) is 2. The molecule has 1 heterocycles. The van der Waals surface area contributed by atoms with E-state index in [-0.39, 0.29) is 5.91 Å². The van der Waals surface area contributed by atoms with Crippen LogP contribution in [0.2, 0.25) is 0 Å². The van der Waals surface area contributed by atoms with Crippen molar-refractivity contribution in [1.29, 1.82) is 0 Å². The Balaban J connectivity index is 1.82. The van der Waals surface area contributed by atoms with E-state index in [9.17, 15) is 4.79 Å². The molecule has 1 aromatic rings. The lowest BCUT2D eigenvalue weighted by Gasteiger charge is -2.35. The number of ether oxygens (including phenoxy) is 1. The topological polar surface area (TPSA) is 32.8 Å². The van der Waals surface area contributed by atoms with Crippen LogP contribution in [0.5, 0.6) is 5.75 Å². The molecular formula is C19H28N2O2. The van der Waals surface area contributed by atoms with Crippen molar-refractivity contribution in [3.63, 3.8) is 0 Å². The van der Waals surface area contributed by atoms with Crippen LogP contribution in [-0.4, -0.2) is 55.0 Å². The molecule has 1 amide bonds. The van der Waals surface area contributed by atoms with Crippen LogP contribution in [-0.2, 0) is 4.79 Å². The maximum absolute atomic E-state index is 12.3. The van der Waals surface area contributed by atoms with E-state index in [4.69, 9.17) is 4.74 Å². The molecule has 126 valence electrons. The van der Waals surface area contributed by atoms with Gasteiger partial charge in [-0.3, -0.25) is 9.69 Å². The van der Waals surface area contributed by atoms with Gasteiger partial charge in [0.15, 0.2) is 0 Å². The zero-order chi connectivity index (χ0) is 16.7. The zero-order valence-electron chi connectivity index (χ0n) is 14.5. The molecule has 0 N–H and O–H groups in total. The first-order chi connectivity index (χ1) is 11.1. The minimum Gasteiger partial charge on any atom is -0.494 e. The predicted molar refractivity (Wildman–Crippen MR) is 94.5 cm³/mol. The van der Waals surface area contributed by atoms with Crippen LogP contribution in [0.3, 0.4) is 0 Å². The Morgan fingerprint density at radius 2 is 1.83 bits per heavy atom. The van der Waals surface area contributed by atoms with E-state index >= 15 is 0 Å². The Labute approximate surface area is 139 Å². The third kappa shape index (κ3) is 5.71. The highest BCUT2D eigenvalue weighted by Gasteiger charge is 2.19. The van der Waals surface area contributed by atoms with E-state index in [0.29, 0.717) is 12.5 Å². The summed E-state index contributed by atoms with van der Waals surface area (Å²) in [5.41, 5.74) is 1.01. The van der Waals surface area contributed by atoms with Crippen molar-refractivity contribution in [2.45, 2.75) is 20.8 Å². The SMILES string of the molecule is CCOc1ccc(/C=C/C(=O)N2CCN(CC(C)C)CC2)cc1. The minimum absolute atomic E-state index is 0.100. The Bertz CT molecular complexity index is 515. The van der Waals surface area contributed by atoms with Crippen molar-refractivity contribution in [2.24, 2.45) is 5.92 Å². The first-order valence-corrected chi connectivity index (χ1v) is 8.50. The van der Waals surface area contributed by atoms with Gasteiger partial charge >= 0.3 is 0 Å². The molecule has 1 fully saturated rings. The number of carbonyl (C=O) groups is 1. The normalized spacial score (nSPS) is 16.3. The van der Waals surface area contributed by atoms with E-state index < -0.39 is 0 Å². The summed E-state index contributed by atoms with van der Waals surface area (Å²) in [5.74, 6) is 1.64. The van der Waals surface area contributed by atoms with Gasteiger partial charge in [0.2, 0.25) is 5.91 Å². The minimum atomic E-state index is 0.100. The molecule has 1 saturated heterocycles. The molecule has 23 heavy (non-hydrogen) atoms. The van der Waals surface area contributed by atoms with Gasteiger partial charge in [0.05, 0.1) is 6.61 Å². The molecule has 0 bridgehead atoms. The molecule has 1 aromatic carbocycles. The summed E-state index contributed by atoms with van der Waals surface area (Å²) in [6.45, 7) is 11.8. The Morgan fingerprint density at radius 3 is 2.39 bits per heavy atom. The molecule has 0 unspecified atom stereocenters. The van der Waals surface area contributed by atoms with Crippen molar-refractivity contribution in [2.75, 3.05) is 39.3 Å². The van der Waals surface area contributed by atoms with Gasteiger partial charge in [-0.15, -0.1) is 0 Å². The molecular weight excluding hydrogens is 288 g/mol. The fourth-order valence-corrected chi connectivity index (χ4v) is 2.78. The number of rotatable bonds is 6. The van der Waals surface area contributed by atoms with Gasteiger partial charge in [-0.05, 0) is 36.6 Å². The maximum Gasteiger partial charge on any atom is 0.246 e. The van der Waals surface area contributed by atoms with Gasteiger partial charge in [-0.25, -0.2) is 0 Å². The van der Waals surface area contributed by atoms with E-state index in [1.165, 1.54) is 0 Å². The average molecular weight is 316 g/mol. The van der Waals surface area contributed by atoms with Crippen molar-refractivity contribution >= 4 is 12.0 Å². The van der Waals surface area contributed by atoms with Crippen LogP contribution >= 0.6 is 0 Å². The van der Waals surface area contributed by atoms with E-state index in [2.05, 4.69) is 18.7 Å². The fraction of sp³-hybridized carbons (Fsp3) is 0.526. The number of benzene rings is 1. The highest BCUT2D eigenvalue weighted by molar-refractivity contribution is 5.91. The molecule has 1 aliphatic rings. The highest BCUT2D eigenvalue weighted by atomic mass is 16.5. The van der Waals surface area contributed by atoms with Crippen molar-refractivity contribution in [3.05, 3.63) is 35.9 Å². The van der Waals surface area contributed by atoms with Crippen LogP contribution in [0.25, 0.3) is 6.08 Å². The van der Waals surface area contributed by atoms with E-state index in [1.54, 1.807) is 6.08 Å². The second-order valence-corrected chi connectivity index (χ2v) is 6.36. The molecule has 0 atom stereocenters. The molecule has 2 rings (SSSR count). The average Bonchev–Trinajstić information content (AvgIpc) is 2.54. The van der Waals surface area contributed by atoms with Crippen LogP contribution in [0.1, 0.15) is 26.3 Å². The molecule has 0 spiro atoms. The Kier molecular flexibility index (Phi) is 6.66. The number of hydrogen-bond donors (Lipinski definition) is 0. The third-order valence-corrected chi connectivity index (χ3v) is 3.92. The predicted octanol–water partition coefficient (Wildman–Crippen LogP) is 2.90. The Morgan fingerprint density at radius 1 is 1.17 bits per heavy atom. The molecule has 1 aliphatic heterocycles. The maximum atomic E-state index is 12.3. The van der Waals surface area contributed by atoms with E-state index in [0.717, 1.165) is 44.0 Å². The summed E-state index contributed by atoms with van der Waals surface area (Å²) in [6.07, 6.45) is 3.55. The summed E-state index contributed by atoms with van der Waals surface area (Å²) in [5, 5.41) is 0. The third-order valence-electron chi connectivity index (χ3n) is 3.92. The number of amides is 1. The second-order valence-electron chi connectivity index (χ2n) is 6.36. The van der Waals surface area contributed by atoms with Crippen LogP contribution in [0.4, 0.5) is 0 Å². The number of carbonyl (C=O) groups excluding carboxylic acids is 1. The summed E-state index contributed by atoms with van der Waals surface area (Å²) < 4.78 is 5.42. The number of piperazine rings is 1. The quantitative estimate of drug-likeness (QED) is 0.757. The van der Waals surface area contributed by atoms with Gasteiger partial charge < -0.3 is 9.64 Å². The van der Waals surface area contributed by atoms with Crippen molar-refractivity contribution in [3.8, 4) is 5.75 Å². The molecule has 0 saturated carbocycles. The summed E-state index contributed by atoms with van der Waals surface area (Å²) >= 11 is 0. The molecule has 0 aromatic heterocycles. The van der Waals surface area contributed by atoms with Crippen molar-refractivity contribution < 1.29 is 9.53 Å². The van der Waals surface area contributed by atoms with Crippen LogP contribution in [0, 0.1) is 5.92 Å². The van der Waals surface area contributed by atoms with Crippen molar-refractivity contribution in [1.82, 2.24) is 9.80 Å². The first kappa shape index (κ1) is 17.5. The molecule has 0 radical (unpaired) electrons. The smallest absolute Gasteiger partial charge is 0.246 e. The fourth-order valence-electron chi connectivity index (χ4n) is 2.78. The lowest BCUT2D eigenvalue weighted by molar-refractivity contribution is -0.127. The van der Waals surface area contributed by atoms with Gasteiger partial charge in [0.25, 0.3) is 0 Å². The van der Waals surface area contributed by atoms with Gasteiger partial charge in [-0.2, -0.15) is 0 Å². The summed E-state index contributed by atoms with van der Waals surface area (Å²) in [4.78, 5) is 16.6. The van der Waals surface area contributed by atoms with Gasteiger partial charge in [0, 0.05) is 38.8 Å². The molecule has 4 heteroatoms. The van der Waals surface area contributed by atoms with Gasteiger partial charge in [-0.1, -0.05) is 26.0 Å². The number of hydrogen-bond acceptors (Lipinski definition) is 3. The highest BCUT2D eigenvalue weighted by Crippen LogP contribution is 2.13. The second kappa shape index (κ2) is 8.73. The summed E-state index contributed by atoms with van der Waals surface area (Å²) in [7, 11) is 0. The largest absolute Gasteiger partial charge is 0.494 e. The van der Waals surface area contributed by atoms with E-state index in [1.807, 2.05) is 42.2 Å². The van der Waals surface area contributed by atoms with Gasteiger partial charge in [0.1, 0.15) is 5.75 Å². The lowest BCUT2D eigenvalue weighted by Crippen LogP contribution is -2.49. The molecule has 4 nitrogen and oxygen atoms in total. The Hall–Kier alpha value is -1.81. The molecule has 0 aliphatic carbocycles. The summed E-state index contributed by atoms with van der Waals surface area (Å²) in [6, 6.07) is 7.79. The first-order valence-electron chi connectivity index (χ1n) is 8.50. The monoisotopic (exact) mass is 316 g/mol.